The molecule has 146 valence electrons. The van der Waals surface area contributed by atoms with Crippen LogP contribution in [-0.2, 0) is 11.3 Å². The maximum atomic E-state index is 12.9. The van der Waals surface area contributed by atoms with Crippen LogP contribution < -0.4 is 5.56 Å². The van der Waals surface area contributed by atoms with Gasteiger partial charge in [-0.1, -0.05) is 11.6 Å². The fourth-order valence-corrected chi connectivity index (χ4v) is 3.86. The lowest BCUT2D eigenvalue weighted by atomic mass is 10.0. The van der Waals surface area contributed by atoms with Crippen molar-refractivity contribution in [2.75, 3.05) is 13.2 Å². The Bertz CT molecular complexity index is 1050. The highest BCUT2D eigenvalue weighted by molar-refractivity contribution is 5.91. The minimum atomic E-state index is -0.236. The number of carbonyl (C=O) groups is 1. The fourth-order valence-electron chi connectivity index (χ4n) is 3.86. The first-order valence-electron chi connectivity index (χ1n) is 9.59. The average molecular weight is 380 g/mol. The van der Waals surface area contributed by atoms with Crippen LogP contribution >= 0.6 is 0 Å². The zero-order valence-electron chi connectivity index (χ0n) is 16.2. The molecule has 1 N–H and O–H groups in total. The van der Waals surface area contributed by atoms with Crippen molar-refractivity contribution in [1.29, 1.82) is 0 Å². The van der Waals surface area contributed by atoms with Crippen LogP contribution in [0.5, 0.6) is 0 Å². The zero-order valence-corrected chi connectivity index (χ0v) is 16.2. The average Bonchev–Trinajstić information content (AvgIpc) is 3.35. The summed E-state index contributed by atoms with van der Waals surface area (Å²) in [5.74, 6) is 0.0299. The van der Waals surface area contributed by atoms with E-state index in [1.807, 2.05) is 32.0 Å². The number of hydrogen-bond donors (Lipinski definition) is 1. The molecule has 1 aromatic carbocycles. The molecule has 0 saturated carbocycles. The highest BCUT2D eigenvalue weighted by Gasteiger charge is 2.25. The molecule has 1 amide bonds. The molecular formula is C22H24N2O4. The van der Waals surface area contributed by atoms with E-state index < -0.39 is 0 Å². The van der Waals surface area contributed by atoms with Gasteiger partial charge in [0.05, 0.1) is 24.4 Å². The van der Waals surface area contributed by atoms with Crippen LogP contribution in [-0.4, -0.2) is 35.0 Å². The molecule has 6 nitrogen and oxygen atoms in total. The second-order valence-corrected chi connectivity index (χ2v) is 7.47. The standard InChI is InChI=1S/C22H24N2O4/c1-14-9-15(2)20-16(10-14)11-17(21(25)23-20)12-24(13-18-5-3-7-27-18)22(26)19-6-4-8-28-19/h4,6,8-11,18H,3,5,7,12-13H2,1-2H3,(H,23,25)/t18-/m0/s1. The normalized spacial score (nSPS) is 16.6. The Morgan fingerprint density at radius 2 is 2.14 bits per heavy atom. The number of benzene rings is 1. The van der Waals surface area contributed by atoms with Gasteiger partial charge in [0.2, 0.25) is 0 Å². The number of fused-ring (bicyclic) bond motifs is 1. The number of hydrogen-bond acceptors (Lipinski definition) is 4. The van der Waals surface area contributed by atoms with Crippen LogP contribution in [0.1, 0.15) is 40.1 Å². The summed E-state index contributed by atoms with van der Waals surface area (Å²) in [7, 11) is 0. The third-order valence-electron chi connectivity index (χ3n) is 5.20. The number of pyridine rings is 1. The third kappa shape index (κ3) is 3.73. The fraction of sp³-hybridized carbons (Fsp3) is 0.364. The number of furan rings is 1. The molecule has 6 heteroatoms. The molecule has 0 unspecified atom stereocenters. The van der Waals surface area contributed by atoms with Gasteiger partial charge >= 0.3 is 0 Å². The van der Waals surface area contributed by atoms with Crippen molar-refractivity contribution in [3.63, 3.8) is 0 Å². The van der Waals surface area contributed by atoms with Gasteiger partial charge in [0, 0.05) is 18.7 Å². The Morgan fingerprint density at radius 3 is 2.86 bits per heavy atom. The summed E-state index contributed by atoms with van der Waals surface area (Å²) >= 11 is 0. The van der Waals surface area contributed by atoms with E-state index in [1.165, 1.54) is 6.26 Å². The van der Waals surface area contributed by atoms with Crippen LogP contribution in [0.2, 0.25) is 0 Å². The zero-order chi connectivity index (χ0) is 19.7. The lowest BCUT2D eigenvalue weighted by molar-refractivity contribution is 0.0483. The molecule has 28 heavy (non-hydrogen) atoms. The minimum absolute atomic E-state index is 0.0112. The minimum Gasteiger partial charge on any atom is -0.459 e. The van der Waals surface area contributed by atoms with Gasteiger partial charge in [-0.05, 0) is 61.9 Å². The topological polar surface area (TPSA) is 75.5 Å². The van der Waals surface area contributed by atoms with Crippen molar-refractivity contribution in [3.05, 3.63) is 69.4 Å². The lowest BCUT2D eigenvalue weighted by Crippen LogP contribution is -2.38. The maximum absolute atomic E-state index is 12.9. The molecule has 0 radical (unpaired) electrons. The van der Waals surface area contributed by atoms with Crippen molar-refractivity contribution in [2.45, 2.75) is 39.3 Å². The smallest absolute Gasteiger partial charge is 0.289 e. The van der Waals surface area contributed by atoms with Crippen LogP contribution in [0.3, 0.4) is 0 Å². The lowest BCUT2D eigenvalue weighted by Gasteiger charge is -2.24. The highest BCUT2D eigenvalue weighted by Crippen LogP contribution is 2.20. The number of nitrogens with one attached hydrogen (secondary N) is 1. The van der Waals surface area contributed by atoms with E-state index in [0.29, 0.717) is 18.7 Å². The molecule has 3 aromatic rings. The van der Waals surface area contributed by atoms with Crippen molar-refractivity contribution in [1.82, 2.24) is 9.88 Å². The number of aromatic amines is 1. The summed E-state index contributed by atoms with van der Waals surface area (Å²) in [5, 5.41) is 0.967. The molecule has 2 aromatic heterocycles. The molecule has 0 spiro atoms. The highest BCUT2D eigenvalue weighted by atomic mass is 16.5. The number of aryl methyl sites for hydroxylation is 2. The molecule has 1 aliphatic rings. The van der Waals surface area contributed by atoms with E-state index in [1.54, 1.807) is 17.0 Å². The van der Waals surface area contributed by atoms with Gasteiger partial charge in [-0.3, -0.25) is 9.59 Å². The summed E-state index contributed by atoms with van der Waals surface area (Å²) in [6.07, 6.45) is 3.37. The van der Waals surface area contributed by atoms with E-state index in [2.05, 4.69) is 4.98 Å². The van der Waals surface area contributed by atoms with Crippen molar-refractivity contribution in [2.24, 2.45) is 0 Å². The number of H-pyrrole nitrogens is 1. The van der Waals surface area contributed by atoms with Crippen LogP contribution in [0.25, 0.3) is 10.9 Å². The number of nitrogens with zero attached hydrogens (tertiary/aromatic N) is 1. The molecule has 1 saturated heterocycles. The molecule has 4 rings (SSSR count). The number of aromatic nitrogens is 1. The SMILES string of the molecule is Cc1cc(C)c2[nH]c(=O)c(CN(C[C@@H]3CCCO3)C(=O)c3ccco3)cc2c1. The molecule has 0 bridgehead atoms. The van der Waals surface area contributed by atoms with E-state index >= 15 is 0 Å². The van der Waals surface area contributed by atoms with Crippen molar-refractivity contribution < 1.29 is 13.9 Å². The molecule has 1 aliphatic heterocycles. The van der Waals surface area contributed by atoms with E-state index in [-0.39, 0.29) is 29.9 Å². The molecule has 1 atom stereocenters. The summed E-state index contributed by atoms with van der Waals surface area (Å²) in [5.41, 5.74) is 3.37. The third-order valence-corrected chi connectivity index (χ3v) is 5.20. The first-order valence-corrected chi connectivity index (χ1v) is 9.59. The summed E-state index contributed by atoms with van der Waals surface area (Å²) < 4.78 is 11.0. The number of ether oxygens (including phenoxy) is 1. The predicted octanol–water partition coefficient (Wildman–Crippen LogP) is 3.56. The number of carbonyl (C=O) groups excluding carboxylic acids is 1. The summed E-state index contributed by atoms with van der Waals surface area (Å²) in [6.45, 7) is 5.36. The predicted molar refractivity (Wildman–Crippen MR) is 106 cm³/mol. The van der Waals surface area contributed by atoms with Gasteiger partial charge in [-0.25, -0.2) is 0 Å². The number of amides is 1. The molecule has 3 heterocycles. The number of rotatable bonds is 5. The summed E-state index contributed by atoms with van der Waals surface area (Å²) in [4.78, 5) is 30.3. The van der Waals surface area contributed by atoms with E-state index in [4.69, 9.17) is 9.15 Å². The second-order valence-electron chi connectivity index (χ2n) is 7.47. The Kier molecular flexibility index (Phi) is 5.05. The van der Waals surface area contributed by atoms with Gasteiger partial charge in [0.25, 0.3) is 11.5 Å². The van der Waals surface area contributed by atoms with Gasteiger partial charge in [0.1, 0.15) is 0 Å². The Morgan fingerprint density at radius 1 is 1.29 bits per heavy atom. The quantitative estimate of drug-likeness (QED) is 0.734. The Hall–Kier alpha value is -2.86. The molecule has 0 aliphatic carbocycles. The first kappa shape index (κ1) is 18.5. The van der Waals surface area contributed by atoms with Gasteiger partial charge in [-0.15, -0.1) is 0 Å². The van der Waals surface area contributed by atoms with Gasteiger partial charge in [0.15, 0.2) is 5.76 Å². The summed E-state index contributed by atoms with van der Waals surface area (Å²) in [6, 6.07) is 9.29. The Labute approximate surface area is 163 Å². The van der Waals surface area contributed by atoms with Gasteiger partial charge < -0.3 is 19.0 Å². The maximum Gasteiger partial charge on any atom is 0.289 e. The molecule has 1 fully saturated rings. The van der Waals surface area contributed by atoms with Crippen molar-refractivity contribution >= 4 is 16.8 Å². The second kappa shape index (κ2) is 7.64. The first-order chi connectivity index (χ1) is 13.5. The van der Waals surface area contributed by atoms with Gasteiger partial charge in [-0.2, -0.15) is 0 Å². The van der Waals surface area contributed by atoms with Crippen molar-refractivity contribution in [3.8, 4) is 0 Å². The monoisotopic (exact) mass is 380 g/mol. The molecular weight excluding hydrogens is 356 g/mol. The van der Waals surface area contributed by atoms with E-state index in [0.717, 1.165) is 34.9 Å². The van der Waals surface area contributed by atoms with E-state index in [9.17, 15) is 9.59 Å². The van der Waals surface area contributed by atoms with Crippen LogP contribution in [0, 0.1) is 13.8 Å². The van der Waals surface area contributed by atoms with Crippen LogP contribution in [0.15, 0.2) is 45.8 Å². The Balaban J connectivity index is 1.68. The largest absolute Gasteiger partial charge is 0.459 e. The van der Waals surface area contributed by atoms with Crippen LogP contribution in [0.4, 0.5) is 0 Å².